The first-order chi connectivity index (χ1) is 13.2. The number of fused-ring (bicyclic) bond motifs is 1. The zero-order chi connectivity index (χ0) is 18.8. The predicted octanol–water partition coefficient (Wildman–Crippen LogP) is 3.76. The number of carbonyl (C=O) groups is 1. The fourth-order valence-corrected chi connectivity index (χ4v) is 4.15. The number of thiophene rings is 1. The van der Waals surface area contributed by atoms with Gasteiger partial charge in [0.2, 0.25) is 0 Å². The van der Waals surface area contributed by atoms with Crippen LogP contribution in [0.15, 0.2) is 30.6 Å². The minimum atomic E-state index is -0.0157. The Morgan fingerprint density at radius 1 is 1.30 bits per heavy atom. The molecule has 0 atom stereocenters. The van der Waals surface area contributed by atoms with Crippen molar-refractivity contribution in [2.75, 3.05) is 19.0 Å². The van der Waals surface area contributed by atoms with Crippen molar-refractivity contribution in [3.63, 3.8) is 0 Å². The summed E-state index contributed by atoms with van der Waals surface area (Å²) in [6, 6.07) is 7.88. The Hall–Kier alpha value is -2.67. The molecule has 2 N–H and O–H groups in total. The third-order valence-corrected chi connectivity index (χ3v) is 6.02. The highest BCUT2D eigenvalue weighted by Crippen LogP contribution is 2.34. The molecule has 0 saturated heterocycles. The van der Waals surface area contributed by atoms with Crippen molar-refractivity contribution in [2.24, 2.45) is 5.92 Å². The molecular weight excluding hydrogens is 360 g/mol. The van der Waals surface area contributed by atoms with E-state index in [-0.39, 0.29) is 5.91 Å². The lowest BCUT2D eigenvalue weighted by Crippen LogP contribution is -2.25. The van der Waals surface area contributed by atoms with Gasteiger partial charge in [-0.3, -0.25) is 4.79 Å². The van der Waals surface area contributed by atoms with Crippen LogP contribution in [0, 0.1) is 12.8 Å². The fraction of sp³-hybridized carbons (Fsp3) is 0.350. The van der Waals surface area contributed by atoms with E-state index >= 15 is 0 Å². The quantitative estimate of drug-likeness (QED) is 0.651. The van der Waals surface area contributed by atoms with Gasteiger partial charge in [-0.15, -0.1) is 11.3 Å². The van der Waals surface area contributed by atoms with Crippen LogP contribution in [0.1, 0.15) is 33.6 Å². The fourth-order valence-electron chi connectivity index (χ4n) is 3.09. The smallest absolute Gasteiger partial charge is 0.261 e. The lowest BCUT2D eigenvalue weighted by molar-refractivity contribution is 0.0955. The number of anilines is 1. The second-order valence-electron chi connectivity index (χ2n) is 6.78. The van der Waals surface area contributed by atoms with Gasteiger partial charge in [0.05, 0.1) is 17.4 Å². The number of hydrogen-bond acceptors (Lipinski definition) is 6. The number of rotatable bonds is 7. The highest BCUT2D eigenvalue weighted by molar-refractivity contribution is 7.20. The number of methoxy groups -OCH3 is 1. The molecule has 6 nitrogen and oxygen atoms in total. The molecule has 0 bridgehead atoms. The van der Waals surface area contributed by atoms with Crippen molar-refractivity contribution in [1.82, 2.24) is 15.3 Å². The molecule has 140 valence electrons. The van der Waals surface area contributed by atoms with Gasteiger partial charge in [-0.25, -0.2) is 9.97 Å². The van der Waals surface area contributed by atoms with Crippen LogP contribution < -0.4 is 15.4 Å². The molecule has 1 saturated carbocycles. The van der Waals surface area contributed by atoms with E-state index in [2.05, 4.69) is 20.6 Å². The van der Waals surface area contributed by atoms with Crippen LogP contribution in [-0.2, 0) is 6.54 Å². The Morgan fingerprint density at radius 2 is 2.11 bits per heavy atom. The molecule has 1 fully saturated rings. The average molecular weight is 382 g/mol. The summed E-state index contributed by atoms with van der Waals surface area (Å²) in [5, 5.41) is 7.33. The van der Waals surface area contributed by atoms with Crippen molar-refractivity contribution in [3.8, 4) is 5.75 Å². The van der Waals surface area contributed by atoms with Crippen LogP contribution in [-0.4, -0.2) is 29.5 Å². The van der Waals surface area contributed by atoms with E-state index < -0.39 is 0 Å². The molecule has 7 heteroatoms. The van der Waals surface area contributed by atoms with Gasteiger partial charge in [0.25, 0.3) is 5.91 Å². The zero-order valence-corrected chi connectivity index (χ0v) is 16.2. The zero-order valence-electron chi connectivity index (χ0n) is 15.4. The summed E-state index contributed by atoms with van der Waals surface area (Å²) >= 11 is 1.42. The molecule has 27 heavy (non-hydrogen) atoms. The summed E-state index contributed by atoms with van der Waals surface area (Å²) in [5.74, 6) is 2.21. The number of hydrogen-bond donors (Lipinski definition) is 2. The molecule has 0 aliphatic heterocycles. The lowest BCUT2D eigenvalue weighted by Gasteiger charge is -2.10. The van der Waals surface area contributed by atoms with Crippen LogP contribution in [0.5, 0.6) is 5.75 Å². The van der Waals surface area contributed by atoms with E-state index in [1.165, 1.54) is 30.5 Å². The van der Waals surface area contributed by atoms with Crippen LogP contribution in [0.2, 0.25) is 0 Å². The van der Waals surface area contributed by atoms with Crippen molar-refractivity contribution in [2.45, 2.75) is 26.3 Å². The number of ether oxygens (including phenoxy) is 1. The van der Waals surface area contributed by atoms with Crippen molar-refractivity contribution >= 4 is 33.3 Å². The monoisotopic (exact) mass is 382 g/mol. The van der Waals surface area contributed by atoms with Gasteiger partial charge in [0.1, 0.15) is 22.7 Å². The van der Waals surface area contributed by atoms with Gasteiger partial charge in [-0.1, -0.05) is 18.2 Å². The Labute approximate surface area is 162 Å². The molecule has 2 heterocycles. The third-order valence-electron chi connectivity index (χ3n) is 4.82. The molecule has 1 amide bonds. The van der Waals surface area contributed by atoms with E-state index in [0.29, 0.717) is 17.3 Å². The first-order valence-electron chi connectivity index (χ1n) is 9.05. The Bertz CT molecular complexity index is 981. The number of amides is 1. The summed E-state index contributed by atoms with van der Waals surface area (Å²) in [5.41, 5.74) is 1.97. The summed E-state index contributed by atoms with van der Waals surface area (Å²) in [7, 11) is 1.66. The number of benzene rings is 1. The molecule has 1 aliphatic rings. The molecule has 1 aliphatic carbocycles. The largest absolute Gasteiger partial charge is 0.496 e. The summed E-state index contributed by atoms with van der Waals surface area (Å²) in [6.07, 6.45) is 3.97. The van der Waals surface area contributed by atoms with Gasteiger partial charge in [-0.05, 0) is 37.3 Å². The minimum absolute atomic E-state index is 0.0157. The van der Waals surface area contributed by atoms with E-state index in [9.17, 15) is 4.79 Å². The molecule has 0 unspecified atom stereocenters. The van der Waals surface area contributed by atoms with Crippen LogP contribution in [0.3, 0.4) is 0 Å². The maximum Gasteiger partial charge on any atom is 0.261 e. The standard InChI is InChI=1S/C20H22N4O2S/c1-12-16-18(21-10-14-5-3-4-6-15(14)26-2)23-11-24-20(16)27-17(12)19(25)22-9-13-7-8-13/h3-6,11,13H,7-10H2,1-2H3,(H,22,25)(H,21,23,24). The highest BCUT2D eigenvalue weighted by Gasteiger charge is 2.24. The Morgan fingerprint density at radius 3 is 2.89 bits per heavy atom. The number of nitrogens with one attached hydrogen (secondary N) is 2. The molecule has 1 aromatic carbocycles. The van der Waals surface area contributed by atoms with E-state index in [4.69, 9.17) is 4.74 Å². The first-order valence-corrected chi connectivity index (χ1v) is 9.87. The second kappa shape index (κ2) is 7.52. The summed E-state index contributed by atoms with van der Waals surface area (Å²) < 4.78 is 5.41. The van der Waals surface area contributed by atoms with E-state index in [0.717, 1.165) is 39.5 Å². The lowest BCUT2D eigenvalue weighted by atomic mass is 10.1. The first kappa shape index (κ1) is 17.7. The molecule has 4 rings (SSSR count). The van der Waals surface area contributed by atoms with Crippen molar-refractivity contribution < 1.29 is 9.53 Å². The number of para-hydroxylation sites is 1. The van der Waals surface area contributed by atoms with Gasteiger partial charge >= 0.3 is 0 Å². The highest BCUT2D eigenvalue weighted by atomic mass is 32.1. The molecule has 0 spiro atoms. The number of carbonyl (C=O) groups excluding carboxylic acids is 1. The third kappa shape index (κ3) is 3.73. The maximum absolute atomic E-state index is 12.6. The Kier molecular flexibility index (Phi) is 4.94. The van der Waals surface area contributed by atoms with E-state index in [1.54, 1.807) is 7.11 Å². The molecule has 0 radical (unpaired) electrons. The topological polar surface area (TPSA) is 76.1 Å². The normalized spacial score (nSPS) is 13.6. The van der Waals surface area contributed by atoms with Crippen LogP contribution in [0.25, 0.3) is 10.2 Å². The van der Waals surface area contributed by atoms with Gasteiger partial charge in [0, 0.05) is 18.7 Å². The predicted molar refractivity (Wildman–Crippen MR) is 108 cm³/mol. The van der Waals surface area contributed by atoms with E-state index in [1.807, 2.05) is 31.2 Å². The SMILES string of the molecule is COc1ccccc1CNc1ncnc2sc(C(=O)NCC3CC3)c(C)c12. The molecule has 2 aromatic heterocycles. The van der Waals surface area contributed by atoms with Crippen molar-refractivity contribution in [3.05, 3.63) is 46.6 Å². The number of aromatic nitrogens is 2. The Balaban J connectivity index is 1.58. The van der Waals surface area contributed by atoms with Crippen LogP contribution in [0.4, 0.5) is 5.82 Å². The summed E-state index contributed by atoms with van der Waals surface area (Å²) in [4.78, 5) is 22.9. The second-order valence-corrected chi connectivity index (χ2v) is 7.78. The van der Waals surface area contributed by atoms with Gasteiger partial charge < -0.3 is 15.4 Å². The molecule has 3 aromatic rings. The van der Waals surface area contributed by atoms with Gasteiger partial charge in [0.15, 0.2) is 0 Å². The minimum Gasteiger partial charge on any atom is -0.496 e. The summed E-state index contributed by atoms with van der Waals surface area (Å²) in [6.45, 7) is 3.30. The van der Waals surface area contributed by atoms with Gasteiger partial charge in [-0.2, -0.15) is 0 Å². The van der Waals surface area contributed by atoms with Crippen molar-refractivity contribution in [1.29, 1.82) is 0 Å². The number of aryl methyl sites for hydroxylation is 1. The maximum atomic E-state index is 12.6. The van der Waals surface area contributed by atoms with Crippen LogP contribution >= 0.6 is 11.3 Å². The average Bonchev–Trinajstić information content (AvgIpc) is 3.47. The molecular formula is C20H22N4O2S. The number of nitrogens with zero attached hydrogens (tertiary/aromatic N) is 2.